The van der Waals surface area contributed by atoms with Gasteiger partial charge < -0.3 is 29.7 Å². The largest absolute Gasteiger partial charge is 0.394 e. The summed E-state index contributed by atoms with van der Waals surface area (Å²) in [6.45, 7) is 7.35. The standard InChI is InChI=1S/C11H17ClN4O2.C9H12ClN3O3S/c1-8(7-17)13-11-14-9(12)6-10(15-11)16-2-4-18-5-3-16;1-17(14,15)9-11-7(10)6-8(12-9)13-2-4-16-5-3-13/h6,8,17H,2-5,7H2,1H3,(H,13,14,15);6H,2-5H2,1H3/t8-;/m0./s1. The van der Waals surface area contributed by atoms with E-state index in [0.717, 1.165) is 25.2 Å². The van der Waals surface area contributed by atoms with E-state index in [0.29, 0.717) is 56.4 Å². The van der Waals surface area contributed by atoms with Gasteiger partial charge in [0.2, 0.25) is 20.9 Å². The predicted molar refractivity (Wildman–Crippen MR) is 133 cm³/mol. The monoisotopic (exact) mass is 549 g/mol. The van der Waals surface area contributed by atoms with Crippen LogP contribution in [-0.4, -0.2) is 105 Å². The molecule has 4 rings (SSSR count). The number of anilines is 3. The molecule has 2 aliphatic heterocycles. The fraction of sp³-hybridized carbons (Fsp3) is 0.600. The maximum absolute atomic E-state index is 11.4. The maximum atomic E-state index is 11.4. The van der Waals surface area contributed by atoms with Crippen molar-refractivity contribution < 1.29 is 23.0 Å². The van der Waals surface area contributed by atoms with E-state index in [1.54, 1.807) is 12.1 Å². The molecule has 1 atom stereocenters. The number of aliphatic hydroxyl groups excluding tert-OH is 1. The smallest absolute Gasteiger partial charge is 0.250 e. The van der Waals surface area contributed by atoms with E-state index in [9.17, 15) is 8.42 Å². The van der Waals surface area contributed by atoms with E-state index in [-0.39, 0.29) is 23.0 Å². The summed E-state index contributed by atoms with van der Waals surface area (Å²) in [5, 5.41) is 12.3. The van der Waals surface area contributed by atoms with Crippen molar-refractivity contribution in [2.45, 2.75) is 18.1 Å². The Hall–Kier alpha value is -2.03. The van der Waals surface area contributed by atoms with Gasteiger partial charge in [0.05, 0.1) is 33.0 Å². The lowest BCUT2D eigenvalue weighted by Crippen LogP contribution is -2.37. The zero-order valence-corrected chi connectivity index (χ0v) is 21.9. The molecule has 0 radical (unpaired) electrons. The van der Waals surface area contributed by atoms with Crippen LogP contribution in [-0.2, 0) is 19.3 Å². The van der Waals surface area contributed by atoms with Crippen molar-refractivity contribution in [1.82, 2.24) is 19.9 Å². The molecule has 2 aromatic heterocycles. The van der Waals surface area contributed by atoms with Crippen molar-refractivity contribution in [2.75, 3.05) is 80.6 Å². The third-order valence-corrected chi connectivity index (χ3v) is 6.23. The Morgan fingerprint density at radius 2 is 1.43 bits per heavy atom. The highest BCUT2D eigenvalue weighted by Crippen LogP contribution is 2.20. The Morgan fingerprint density at radius 3 is 1.91 bits per heavy atom. The molecule has 4 heterocycles. The molecule has 12 nitrogen and oxygen atoms in total. The second kappa shape index (κ2) is 12.8. The topological polar surface area (TPSA) is 143 Å². The van der Waals surface area contributed by atoms with Crippen LogP contribution in [0.2, 0.25) is 10.3 Å². The molecular weight excluding hydrogens is 521 g/mol. The number of hydrogen-bond donors (Lipinski definition) is 2. The molecule has 2 N–H and O–H groups in total. The molecule has 2 aromatic rings. The number of nitrogens with zero attached hydrogens (tertiary/aromatic N) is 6. The van der Waals surface area contributed by atoms with E-state index in [1.165, 1.54) is 0 Å². The molecule has 2 saturated heterocycles. The van der Waals surface area contributed by atoms with Crippen molar-refractivity contribution in [3.63, 3.8) is 0 Å². The molecule has 194 valence electrons. The van der Waals surface area contributed by atoms with Crippen LogP contribution in [0.1, 0.15) is 6.92 Å². The van der Waals surface area contributed by atoms with Crippen molar-refractivity contribution in [3.05, 3.63) is 22.4 Å². The third-order valence-electron chi connectivity index (χ3n) is 4.99. The van der Waals surface area contributed by atoms with E-state index in [1.807, 2.05) is 11.8 Å². The summed E-state index contributed by atoms with van der Waals surface area (Å²) in [6, 6.07) is 3.18. The van der Waals surface area contributed by atoms with Gasteiger partial charge in [0.1, 0.15) is 21.9 Å². The van der Waals surface area contributed by atoms with Gasteiger partial charge in [-0.2, -0.15) is 4.98 Å². The Balaban J connectivity index is 0.000000196. The molecule has 35 heavy (non-hydrogen) atoms. The molecule has 15 heteroatoms. The molecule has 0 amide bonds. The minimum absolute atomic E-state index is 0.0166. The van der Waals surface area contributed by atoms with Gasteiger partial charge in [-0.1, -0.05) is 23.2 Å². The van der Waals surface area contributed by atoms with Crippen LogP contribution in [0, 0.1) is 0 Å². The Kier molecular flexibility index (Phi) is 10.1. The Morgan fingerprint density at radius 1 is 0.943 bits per heavy atom. The van der Waals surface area contributed by atoms with E-state index in [2.05, 4.69) is 30.2 Å². The van der Waals surface area contributed by atoms with Crippen LogP contribution in [0.3, 0.4) is 0 Å². The number of aliphatic hydroxyl groups is 1. The predicted octanol–water partition coefficient (Wildman–Crippen LogP) is 1.13. The normalized spacial score (nSPS) is 17.4. The Labute approximate surface area is 214 Å². The third kappa shape index (κ3) is 8.54. The van der Waals surface area contributed by atoms with Crippen LogP contribution in [0.15, 0.2) is 17.3 Å². The number of hydrogen-bond acceptors (Lipinski definition) is 12. The van der Waals surface area contributed by atoms with Crippen molar-refractivity contribution in [1.29, 1.82) is 0 Å². The average molecular weight is 550 g/mol. The van der Waals surface area contributed by atoms with Gasteiger partial charge in [-0.05, 0) is 6.92 Å². The van der Waals surface area contributed by atoms with E-state index >= 15 is 0 Å². The molecule has 0 aromatic carbocycles. The van der Waals surface area contributed by atoms with Crippen molar-refractivity contribution >= 4 is 50.6 Å². The molecule has 2 aliphatic rings. The van der Waals surface area contributed by atoms with Gasteiger partial charge >= 0.3 is 0 Å². The SMILES string of the molecule is CS(=O)(=O)c1nc(Cl)cc(N2CCOCC2)n1.C[C@@H](CO)Nc1nc(Cl)cc(N2CCOCC2)n1. The molecule has 0 bridgehead atoms. The average Bonchev–Trinajstić information content (AvgIpc) is 2.84. The molecule has 0 aliphatic carbocycles. The van der Waals surface area contributed by atoms with Crippen LogP contribution in [0.25, 0.3) is 0 Å². The summed E-state index contributed by atoms with van der Waals surface area (Å²) in [7, 11) is -3.45. The first-order valence-corrected chi connectivity index (χ1v) is 13.6. The lowest BCUT2D eigenvalue weighted by molar-refractivity contribution is 0.122. The number of morpholine rings is 2. The summed E-state index contributed by atoms with van der Waals surface area (Å²) in [4.78, 5) is 20.2. The first-order chi connectivity index (χ1) is 16.7. The van der Waals surface area contributed by atoms with Crippen molar-refractivity contribution in [2.24, 2.45) is 0 Å². The van der Waals surface area contributed by atoms with Crippen molar-refractivity contribution in [3.8, 4) is 0 Å². The first-order valence-electron chi connectivity index (χ1n) is 11.0. The van der Waals surface area contributed by atoms with Gasteiger partial charge in [-0.3, -0.25) is 0 Å². The second-order valence-electron chi connectivity index (χ2n) is 7.90. The van der Waals surface area contributed by atoms with Gasteiger partial charge in [0.15, 0.2) is 0 Å². The summed E-state index contributed by atoms with van der Waals surface area (Å²) < 4.78 is 33.3. The fourth-order valence-electron chi connectivity index (χ4n) is 3.20. The van der Waals surface area contributed by atoms with E-state index < -0.39 is 9.84 Å². The summed E-state index contributed by atoms with van der Waals surface area (Å²) >= 11 is 11.8. The Bertz CT molecular complexity index is 1080. The number of sulfone groups is 1. The number of aromatic nitrogens is 4. The lowest BCUT2D eigenvalue weighted by atomic mass is 10.4. The van der Waals surface area contributed by atoms with Gasteiger partial charge in [-0.25, -0.2) is 23.4 Å². The first kappa shape index (κ1) is 27.6. The second-order valence-corrected chi connectivity index (χ2v) is 10.6. The van der Waals surface area contributed by atoms with Crippen LogP contribution < -0.4 is 15.1 Å². The molecular formula is C20H29Cl2N7O5S. The molecule has 0 saturated carbocycles. The zero-order valence-electron chi connectivity index (χ0n) is 19.5. The van der Waals surface area contributed by atoms with E-state index in [4.69, 9.17) is 37.8 Å². The fourth-order valence-corrected chi connectivity index (χ4v) is 4.13. The quantitative estimate of drug-likeness (QED) is 0.393. The lowest BCUT2D eigenvalue weighted by Gasteiger charge is -2.28. The maximum Gasteiger partial charge on any atom is 0.250 e. The highest BCUT2D eigenvalue weighted by Gasteiger charge is 2.19. The zero-order chi connectivity index (χ0) is 25.4. The minimum Gasteiger partial charge on any atom is -0.394 e. The summed E-state index contributed by atoms with van der Waals surface area (Å²) in [5.74, 6) is 1.74. The number of ether oxygens (including phenoxy) is 2. The van der Waals surface area contributed by atoms with Crippen LogP contribution in [0.4, 0.5) is 17.6 Å². The van der Waals surface area contributed by atoms with Gasteiger partial charge in [0, 0.05) is 50.6 Å². The van der Waals surface area contributed by atoms with Crippen LogP contribution in [0.5, 0.6) is 0 Å². The molecule has 0 spiro atoms. The minimum atomic E-state index is -3.45. The number of nitrogens with one attached hydrogen (secondary N) is 1. The van der Waals surface area contributed by atoms with Gasteiger partial charge in [-0.15, -0.1) is 0 Å². The van der Waals surface area contributed by atoms with Crippen LogP contribution >= 0.6 is 23.2 Å². The van der Waals surface area contributed by atoms with Gasteiger partial charge in [0.25, 0.3) is 0 Å². The molecule has 2 fully saturated rings. The number of rotatable bonds is 6. The highest BCUT2D eigenvalue weighted by atomic mass is 35.5. The number of halogens is 2. The summed E-state index contributed by atoms with van der Waals surface area (Å²) in [5.41, 5.74) is 0. The summed E-state index contributed by atoms with van der Waals surface area (Å²) in [6.07, 6.45) is 1.06. The highest BCUT2D eigenvalue weighted by molar-refractivity contribution is 7.90. The molecule has 0 unspecified atom stereocenters.